The van der Waals surface area contributed by atoms with Crippen LogP contribution in [0, 0.1) is 5.82 Å². The van der Waals surface area contributed by atoms with Gasteiger partial charge in [0, 0.05) is 19.3 Å². The monoisotopic (exact) mass is 293 g/mol. The Morgan fingerprint density at radius 1 is 1.25 bits per heavy atom. The van der Waals surface area contributed by atoms with Crippen LogP contribution in [0.2, 0.25) is 0 Å². The Balaban J connectivity index is 1.60. The van der Waals surface area contributed by atoms with E-state index in [1.165, 1.54) is 12.1 Å². The van der Waals surface area contributed by atoms with Crippen LogP contribution >= 0.6 is 11.3 Å². The summed E-state index contributed by atoms with van der Waals surface area (Å²) in [6.07, 6.45) is 1.84. The van der Waals surface area contributed by atoms with E-state index in [9.17, 15) is 4.39 Å². The van der Waals surface area contributed by atoms with Crippen molar-refractivity contribution in [1.82, 2.24) is 15.4 Å². The first-order valence-electron chi connectivity index (χ1n) is 6.58. The summed E-state index contributed by atoms with van der Waals surface area (Å²) < 4.78 is 18.2. The fourth-order valence-corrected chi connectivity index (χ4v) is 2.90. The number of nitrogens with zero attached hydrogens (tertiary/aromatic N) is 2. The molecular weight excluding hydrogens is 277 g/mol. The van der Waals surface area contributed by atoms with Crippen molar-refractivity contribution in [2.75, 3.05) is 26.3 Å². The molecule has 106 valence electrons. The fraction of sp³-hybridized carbons (Fsp3) is 0.357. The third-order valence-electron chi connectivity index (χ3n) is 3.15. The van der Waals surface area contributed by atoms with Crippen LogP contribution in [-0.4, -0.2) is 36.3 Å². The molecule has 20 heavy (non-hydrogen) atoms. The third-order valence-corrected chi connectivity index (χ3v) is 4.19. The lowest BCUT2D eigenvalue weighted by Gasteiger charge is -2.26. The van der Waals surface area contributed by atoms with Gasteiger partial charge in [0.2, 0.25) is 0 Å². The third kappa shape index (κ3) is 3.40. The lowest BCUT2D eigenvalue weighted by molar-refractivity contribution is 0.0105. The first-order valence-corrected chi connectivity index (χ1v) is 7.40. The van der Waals surface area contributed by atoms with Crippen LogP contribution in [0.5, 0.6) is 0 Å². The number of hydrazine groups is 1. The Labute approximate surface area is 121 Å². The van der Waals surface area contributed by atoms with Crippen LogP contribution < -0.4 is 5.43 Å². The van der Waals surface area contributed by atoms with Gasteiger partial charge in [0.1, 0.15) is 10.8 Å². The Bertz CT molecular complexity index is 552. The average Bonchev–Trinajstić information content (AvgIpc) is 2.96. The molecule has 1 aromatic heterocycles. The van der Waals surface area contributed by atoms with Gasteiger partial charge in [-0.1, -0.05) is 12.1 Å². The molecule has 3 rings (SSSR count). The van der Waals surface area contributed by atoms with Gasteiger partial charge in [0.25, 0.3) is 0 Å². The first kappa shape index (κ1) is 13.6. The van der Waals surface area contributed by atoms with Gasteiger partial charge >= 0.3 is 0 Å². The molecule has 0 radical (unpaired) electrons. The summed E-state index contributed by atoms with van der Waals surface area (Å²) in [7, 11) is 0. The number of hydrogen-bond donors (Lipinski definition) is 1. The quantitative estimate of drug-likeness (QED) is 0.938. The number of aromatic nitrogens is 1. The van der Waals surface area contributed by atoms with Crippen LogP contribution in [-0.2, 0) is 11.3 Å². The standard InChI is InChI=1S/C14H16FN3OS/c15-12-3-1-11(2-4-12)13-9-16-14(20-13)10-17-18-5-7-19-8-6-18/h1-4,9,17H,5-8,10H2. The molecule has 1 saturated heterocycles. The van der Waals surface area contributed by atoms with Gasteiger partial charge in [0.05, 0.1) is 24.6 Å². The summed E-state index contributed by atoms with van der Waals surface area (Å²) in [5.74, 6) is -0.215. The lowest BCUT2D eigenvalue weighted by Crippen LogP contribution is -2.45. The molecule has 1 aliphatic rings. The molecule has 0 spiro atoms. The molecule has 0 atom stereocenters. The van der Waals surface area contributed by atoms with Crippen LogP contribution in [0.3, 0.4) is 0 Å². The number of halogens is 1. The summed E-state index contributed by atoms with van der Waals surface area (Å²) in [4.78, 5) is 5.46. The van der Waals surface area contributed by atoms with Crippen molar-refractivity contribution >= 4 is 11.3 Å². The van der Waals surface area contributed by atoms with E-state index in [0.717, 1.165) is 41.8 Å². The van der Waals surface area contributed by atoms with Crippen molar-refractivity contribution in [2.24, 2.45) is 0 Å². The van der Waals surface area contributed by atoms with Crippen LogP contribution in [0.25, 0.3) is 10.4 Å². The molecule has 0 aliphatic carbocycles. The highest BCUT2D eigenvalue weighted by atomic mass is 32.1. The van der Waals surface area contributed by atoms with Gasteiger partial charge < -0.3 is 4.74 Å². The summed E-state index contributed by atoms with van der Waals surface area (Å²) in [5.41, 5.74) is 4.35. The summed E-state index contributed by atoms with van der Waals surface area (Å²) in [6.45, 7) is 4.05. The van der Waals surface area contributed by atoms with Crippen LogP contribution in [0.4, 0.5) is 4.39 Å². The normalized spacial score (nSPS) is 16.4. The van der Waals surface area contributed by atoms with E-state index in [1.54, 1.807) is 23.5 Å². The molecule has 0 amide bonds. The molecule has 2 heterocycles. The highest BCUT2D eigenvalue weighted by Gasteiger charge is 2.11. The smallest absolute Gasteiger partial charge is 0.123 e. The largest absolute Gasteiger partial charge is 0.379 e. The van der Waals surface area contributed by atoms with Crippen LogP contribution in [0.15, 0.2) is 30.5 Å². The molecule has 2 aromatic rings. The number of nitrogens with one attached hydrogen (secondary N) is 1. The Morgan fingerprint density at radius 2 is 2.00 bits per heavy atom. The topological polar surface area (TPSA) is 37.4 Å². The minimum atomic E-state index is -0.215. The molecule has 6 heteroatoms. The van der Waals surface area contributed by atoms with E-state index in [0.29, 0.717) is 6.54 Å². The second-order valence-electron chi connectivity index (χ2n) is 4.56. The number of hydrogen-bond acceptors (Lipinski definition) is 5. The van der Waals surface area contributed by atoms with E-state index < -0.39 is 0 Å². The fourth-order valence-electron chi connectivity index (χ4n) is 2.04. The van der Waals surface area contributed by atoms with Gasteiger partial charge in [0.15, 0.2) is 0 Å². The number of ether oxygens (including phenoxy) is 1. The van der Waals surface area contributed by atoms with Crippen molar-refractivity contribution in [2.45, 2.75) is 6.54 Å². The summed E-state index contributed by atoms with van der Waals surface area (Å²) >= 11 is 1.63. The van der Waals surface area contributed by atoms with E-state index in [-0.39, 0.29) is 5.82 Å². The molecule has 1 aliphatic heterocycles. The Morgan fingerprint density at radius 3 is 2.75 bits per heavy atom. The number of rotatable bonds is 4. The highest BCUT2D eigenvalue weighted by molar-refractivity contribution is 7.15. The van der Waals surface area contributed by atoms with Gasteiger partial charge in [-0.3, -0.25) is 0 Å². The minimum Gasteiger partial charge on any atom is -0.379 e. The van der Waals surface area contributed by atoms with Crippen molar-refractivity contribution < 1.29 is 9.13 Å². The van der Waals surface area contributed by atoms with E-state index in [2.05, 4.69) is 15.4 Å². The highest BCUT2D eigenvalue weighted by Crippen LogP contribution is 2.26. The Kier molecular flexibility index (Phi) is 4.37. The molecule has 0 unspecified atom stereocenters. The maximum atomic E-state index is 12.9. The second kappa shape index (κ2) is 6.41. The average molecular weight is 293 g/mol. The molecule has 1 aromatic carbocycles. The second-order valence-corrected chi connectivity index (χ2v) is 5.67. The van der Waals surface area contributed by atoms with E-state index in [4.69, 9.17) is 4.74 Å². The van der Waals surface area contributed by atoms with Gasteiger partial charge in [-0.2, -0.15) is 0 Å². The molecule has 1 N–H and O–H groups in total. The molecular formula is C14H16FN3OS. The first-order chi connectivity index (χ1) is 9.81. The van der Waals surface area contributed by atoms with Gasteiger partial charge in [-0.05, 0) is 17.7 Å². The van der Waals surface area contributed by atoms with Gasteiger partial charge in [-0.15, -0.1) is 11.3 Å². The predicted molar refractivity (Wildman–Crippen MR) is 76.7 cm³/mol. The zero-order chi connectivity index (χ0) is 13.8. The van der Waals surface area contributed by atoms with Crippen molar-refractivity contribution in [3.05, 3.63) is 41.3 Å². The SMILES string of the molecule is Fc1ccc(-c2cnc(CNN3CCOCC3)s2)cc1. The molecule has 0 bridgehead atoms. The van der Waals surface area contributed by atoms with E-state index >= 15 is 0 Å². The lowest BCUT2D eigenvalue weighted by atomic mass is 10.2. The van der Waals surface area contributed by atoms with Crippen molar-refractivity contribution in [1.29, 1.82) is 0 Å². The van der Waals surface area contributed by atoms with Crippen molar-refractivity contribution in [3.8, 4) is 10.4 Å². The van der Waals surface area contributed by atoms with E-state index in [1.807, 2.05) is 6.20 Å². The minimum absolute atomic E-state index is 0.215. The zero-order valence-corrected chi connectivity index (χ0v) is 11.8. The molecule has 0 saturated carbocycles. The maximum Gasteiger partial charge on any atom is 0.123 e. The molecule has 1 fully saturated rings. The summed E-state index contributed by atoms with van der Waals surface area (Å²) in [6, 6.07) is 6.51. The number of benzene rings is 1. The maximum absolute atomic E-state index is 12.9. The number of thiazole rings is 1. The Hall–Kier alpha value is -1.34. The van der Waals surface area contributed by atoms with Crippen LogP contribution in [0.1, 0.15) is 5.01 Å². The number of morpholine rings is 1. The van der Waals surface area contributed by atoms with Gasteiger partial charge in [-0.25, -0.2) is 19.8 Å². The predicted octanol–water partition coefficient (Wildman–Crippen LogP) is 2.29. The zero-order valence-electron chi connectivity index (χ0n) is 11.0. The summed E-state index contributed by atoms with van der Waals surface area (Å²) in [5, 5.41) is 3.18. The van der Waals surface area contributed by atoms with Crippen molar-refractivity contribution in [3.63, 3.8) is 0 Å². The molecule has 4 nitrogen and oxygen atoms in total.